The summed E-state index contributed by atoms with van der Waals surface area (Å²) >= 11 is 5.85. The van der Waals surface area contributed by atoms with E-state index in [-0.39, 0.29) is 4.90 Å². The highest BCUT2D eigenvalue weighted by Crippen LogP contribution is 2.15. The molecule has 0 heterocycles. The monoisotopic (exact) mass is 410 g/mol. The van der Waals surface area contributed by atoms with Crippen LogP contribution in [0, 0.1) is 0 Å². The van der Waals surface area contributed by atoms with Gasteiger partial charge in [-0.25, -0.2) is 13.6 Å². The number of ether oxygens (including phenoxy) is 1. The van der Waals surface area contributed by atoms with E-state index in [0.29, 0.717) is 30.7 Å². The standard InChI is InChI=1S/C18H23ClN4O3S/c1-21-18(22-13-14-4-3-5-17(12-14)27(20,24)25)23(2)10-11-26-16-8-6-15(19)7-9-16/h3-9,12H,10-11,13H2,1-2H3,(H,21,22)(H2,20,24,25). The van der Waals surface area contributed by atoms with Crippen LogP contribution in [0.25, 0.3) is 0 Å². The predicted octanol–water partition coefficient (Wildman–Crippen LogP) is 2.07. The summed E-state index contributed by atoms with van der Waals surface area (Å²) in [6.07, 6.45) is 0. The van der Waals surface area contributed by atoms with E-state index in [1.807, 2.05) is 30.1 Å². The van der Waals surface area contributed by atoms with Crippen LogP contribution in [0.2, 0.25) is 5.02 Å². The number of likely N-dealkylation sites (N-methyl/N-ethyl adjacent to an activating group) is 1. The van der Waals surface area contributed by atoms with Crippen LogP contribution in [0.15, 0.2) is 58.4 Å². The molecule has 0 aliphatic carbocycles. The van der Waals surface area contributed by atoms with Crippen LogP contribution >= 0.6 is 11.6 Å². The summed E-state index contributed by atoms with van der Waals surface area (Å²) in [5.41, 5.74) is 0.786. The Morgan fingerprint density at radius 3 is 2.59 bits per heavy atom. The van der Waals surface area contributed by atoms with Gasteiger partial charge in [0.2, 0.25) is 10.0 Å². The summed E-state index contributed by atoms with van der Waals surface area (Å²) in [6.45, 7) is 1.50. The van der Waals surface area contributed by atoms with Crippen LogP contribution in [-0.2, 0) is 16.6 Å². The Morgan fingerprint density at radius 1 is 1.26 bits per heavy atom. The molecule has 27 heavy (non-hydrogen) atoms. The number of nitrogens with zero attached hydrogens (tertiary/aromatic N) is 2. The Labute approximate surface area is 164 Å². The Bertz CT molecular complexity index is 886. The van der Waals surface area contributed by atoms with Crippen molar-refractivity contribution in [3.05, 3.63) is 59.1 Å². The van der Waals surface area contributed by atoms with Crippen molar-refractivity contribution in [2.45, 2.75) is 11.4 Å². The van der Waals surface area contributed by atoms with Gasteiger partial charge in [-0.15, -0.1) is 0 Å². The van der Waals surface area contributed by atoms with Crippen molar-refractivity contribution in [1.82, 2.24) is 10.2 Å². The van der Waals surface area contributed by atoms with Crippen molar-refractivity contribution in [3.8, 4) is 5.75 Å². The van der Waals surface area contributed by atoms with Gasteiger partial charge in [-0.05, 0) is 42.0 Å². The molecule has 0 atom stereocenters. The maximum Gasteiger partial charge on any atom is 0.238 e. The van der Waals surface area contributed by atoms with Crippen LogP contribution < -0.4 is 15.2 Å². The average molecular weight is 411 g/mol. The highest BCUT2D eigenvalue weighted by molar-refractivity contribution is 7.89. The molecule has 0 amide bonds. The maximum absolute atomic E-state index is 11.4. The Hall–Kier alpha value is -2.29. The molecule has 2 rings (SSSR count). The van der Waals surface area contributed by atoms with Gasteiger partial charge in [0.05, 0.1) is 11.4 Å². The molecular formula is C18H23ClN4O3S. The zero-order valence-electron chi connectivity index (χ0n) is 15.2. The first-order valence-corrected chi connectivity index (χ1v) is 10.1. The maximum atomic E-state index is 11.4. The third-order valence-corrected chi connectivity index (χ3v) is 4.92. The molecular weight excluding hydrogens is 388 g/mol. The zero-order chi connectivity index (χ0) is 19.9. The lowest BCUT2D eigenvalue weighted by Gasteiger charge is -2.22. The summed E-state index contributed by atoms with van der Waals surface area (Å²) in [6, 6.07) is 13.7. The molecule has 3 N–H and O–H groups in total. The average Bonchev–Trinajstić information content (AvgIpc) is 2.63. The number of sulfonamides is 1. The van der Waals surface area contributed by atoms with E-state index in [4.69, 9.17) is 21.5 Å². The van der Waals surface area contributed by atoms with Crippen LogP contribution in [-0.4, -0.2) is 46.5 Å². The van der Waals surface area contributed by atoms with Gasteiger partial charge in [0.1, 0.15) is 12.4 Å². The van der Waals surface area contributed by atoms with Crippen LogP contribution in [0.3, 0.4) is 0 Å². The minimum atomic E-state index is -3.72. The Kier molecular flexibility index (Phi) is 7.46. The lowest BCUT2D eigenvalue weighted by molar-refractivity contribution is 0.281. The zero-order valence-corrected chi connectivity index (χ0v) is 16.8. The summed E-state index contributed by atoms with van der Waals surface area (Å²) < 4.78 is 28.6. The third kappa shape index (κ3) is 6.74. The normalized spacial score (nSPS) is 11.9. The molecule has 0 fully saturated rings. The summed E-state index contributed by atoms with van der Waals surface area (Å²) in [5, 5.41) is 9.02. The molecule has 7 nitrogen and oxygen atoms in total. The predicted molar refractivity (Wildman–Crippen MR) is 108 cm³/mol. The molecule has 2 aromatic carbocycles. The van der Waals surface area contributed by atoms with Crippen molar-refractivity contribution in [2.75, 3.05) is 27.2 Å². The molecule has 0 radical (unpaired) electrons. The first-order valence-electron chi connectivity index (χ1n) is 8.21. The van der Waals surface area contributed by atoms with Crippen LogP contribution in [0.5, 0.6) is 5.75 Å². The number of nitrogens with two attached hydrogens (primary N) is 1. The lowest BCUT2D eigenvalue weighted by Crippen LogP contribution is -2.40. The van der Waals surface area contributed by atoms with Gasteiger partial charge in [0.15, 0.2) is 5.96 Å². The number of aliphatic imine (C=N–C) groups is 1. The molecule has 9 heteroatoms. The molecule has 0 bridgehead atoms. The van der Waals surface area contributed by atoms with Crippen LogP contribution in [0.4, 0.5) is 0 Å². The first-order chi connectivity index (χ1) is 12.8. The highest BCUT2D eigenvalue weighted by atomic mass is 35.5. The fourth-order valence-corrected chi connectivity index (χ4v) is 3.05. The van der Waals surface area contributed by atoms with Gasteiger partial charge in [-0.1, -0.05) is 23.7 Å². The van der Waals surface area contributed by atoms with Crippen molar-refractivity contribution in [2.24, 2.45) is 10.1 Å². The van der Waals surface area contributed by atoms with E-state index in [2.05, 4.69) is 10.3 Å². The van der Waals surface area contributed by atoms with Crippen molar-refractivity contribution in [1.29, 1.82) is 0 Å². The van der Waals surface area contributed by atoms with E-state index in [1.54, 1.807) is 31.3 Å². The number of halogens is 1. The van der Waals surface area contributed by atoms with E-state index in [9.17, 15) is 8.42 Å². The van der Waals surface area contributed by atoms with E-state index in [1.165, 1.54) is 6.07 Å². The quantitative estimate of drug-likeness (QED) is 0.538. The van der Waals surface area contributed by atoms with Crippen molar-refractivity contribution >= 4 is 27.6 Å². The Morgan fingerprint density at radius 2 is 1.96 bits per heavy atom. The van der Waals surface area contributed by atoms with Crippen molar-refractivity contribution < 1.29 is 13.2 Å². The SMILES string of the molecule is CN=C(NCc1cccc(S(N)(=O)=O)c1)N(C)CCOc1ccc(Cl)cc1. The Balaban J connectivity index is 1.86. The molecule has 146 valence electrons. The fraction of sp³-hybridized carbons (Fsp3) is 0.278. The second-order valence-electron chi connectivity index (χ2n) is 5.82. The van der Waals surface area contributed by atoms with Gasteiger partial charge in [0.25, 0.3) is 0 Å². The molecule has 0 saturated heterocycles. The minimum absolute atomic E-state index is 0.0847. The second-order valence-corrected chi connectivity index (χ2v) is 7.81. The van der Waals surface area contributed by atoms with Gasteiger partial charge in [-0.2, -0.15) is 0 Å². The van der Waals surface area contributed by atoms with Gasteiger partial charge in [0, 0.05) is 25.7 Å². The topological polar surface area (TPSA) is 97.0 Å². The highest BCUT2D eigenvalue weighted by Gasteiger charge is 2.09. The van der Waals surface area contributed by atoms with Gasteiger partial charge in [-0.3, -0.25) is 4.99 Å². The number of nitrogens with one attached hydrogen (secondary N) is 1. The molecule has 0 aliphatic heterocycles. The molecule has 0 saturated carbocycles. The summed E-state index contributed by atoms with van der Waals surface area (Å²) in [7, 11) is -0.150. The number of hydrogen-bond acceptors (Lipinski definition) is 4. The van der Waals surface area contributed by atoms with Gasteiger partial charge >= 0.3 is 0 Å². The molecule has 0 aromatic heterocycles. The summed E-state index contributed by atoms with van der Waals surface area (Å²) in [5.74, 6) is 1.41. The largest absolute Gasteiger partial charge is 0.492 e. The first kappa shape index (κ1) is 21.0. The van der Waals surface area contributed by atoms with E-state index >= 15 is 0 Å². The van der Waals surface area contributed by atoms with E-state index in [0.717, 1.165) is 11.3 Å². The fourth-order valence-electron chi connectivity index (χ4n) is 2.34. The molecule has 0 unspecified atom stereocenters. The number of hydrogen-bond donors (Lipinski definition) is 2. The number of guanidine groups is 1. The number of benzene rings is 2. The smallest absolute Gasteiger partial charge is 0.238 e. The number of rotatable bonds is 7. The van der Waals surface area contributed by atoms with Crippen molar-refractivity contribution in [3.63, 3.8) is 0 Å². The third-order valence-electron chi connectivity index (χ3n) is 3.76. The summed E-state index contributed by atoms with van der Waals surface area (Å²) in [4.78, 5) is 6.23. The van der Waals surface area contributed by atoms with Crippen LogP contribution in [0.1, 0.15) is 5.56 Å². The minimum Gasteiger partial charge on any atom is -0.492 e. The van der Waals surface area contributed by atoms with E-state index < -0.39 is 10.0 Å². The molecule has 0 spiro atoms. The lowest BCUT2D eigenvalue weighted by atomic mass is 10.2. The molecule has 0 aliphatic rings. The van der Waals surface area contributed by atoms with Gasteiger partial charge < -0.3 is 15.0 Å². The number of primary sulfonamides is 1. The molecule has 2 aromatic rings. The second kappa shape index (κ2) is 9.59.